The van der Waals surface area contributed by atoms with E-state index in [4.69, 9.17) is 6.58 Å². The van der Waals surface area contributed by atoms with Gasteiger partial charge in [0, 0.05) is 32.7 Å². The molecule has 0 aliphatic carbocycles. The summed E-state index contributed by atoms with van der Waals surface area (Å²) < 4.78 is 4.16. The van der Waals surface area contributed by atoms with Crippen molar-refractivity contribution in [1.29, 1.82) is 0 Å². The average molecular weight is 336 g/mol. The molecular weight excluding hydrogens is 321 g/mol. The number of benzene rings is 1. The monoisotopic (exact) mass is 336 g/mol. The molecular formula is C17H15N2Y-. The zero-order valence-corrected chi connectivity index (χ0v) is 14.5. The molecule has 0 fully saturated rings. The van der Waals surface area contributed by atoms with Gasteiger partial charge in [0.1, 0.15) is 0 Å². The Kier molecular flexibility index (Phi) is 4.57. The van der Waals surface area contributed by atoms with Crippen LogP contribution in [0.2, 0.25) is 0 Å². The van der Waals surface area contributed by atoms with Gasteiger partial charge in [-0.2, -0.15) is 0 Å². The maximum Gasteiger partial charge on any atom is 0.177 e. The van der Waals surface area contributed by atoms with Crippen LogP contribution < -0.4 is 4.57 Å². The van der Waals surface area contributed by atoms with Crippen molar-refractivity contribution in [3.8, 4) is 17.1 Å². The largest absolute Gasteiger partial charge is 0.334 e. The van der Waals surface area contributed by atoms with Gasteiger partial charge in [0.15, 0.2) is 5.82 Å². The van der Waals surface area contributed by atoms with E-state index in [1.807, 2.05) is 31.4 Å². The normalized spacial score (nSPS) is 10.3. The Balaban J connectivity index is 0.00000147. The van der Waals surface area contributed by atoms with Crippen molar-refractivity contribution in [1.82, 2.24) is 4.57 Å². The quantitative estimate of drug-likeness (QED) is 0.503. The van der Waals surface area contributed by atoms with Crippen LogP contribution in [0, 0.1) is 19.7 Å². The molecule has 97 valence electrons. The molecule has 0 saturated heterocycles. The summed E-state index contributed by atoms with van der Waals surface area (Å²) in [5, 5.41) is 0. The summed E-state index contributed by atoms with van der Waals surface area (Å²) in [5.41, 5.74) is 4.37. The van der Waals surface area contributed by atoms with Crippen molar-refractivity contribution in [2.75, 3.05) is 0 Å². The Hall–Kier alpha value is -1.25. The van der Waals surface area contributed by atoms with Crippen molar-refractivity contribution >= 4 is 6.08 Å². The minimum atomic E-state index is 0. The van der Waals surface area contributed by atoms with Gasteiger partial charge in [0.2, 0.25) is 0 Å². The van der Waals surface area contributed by atoms with Crippen LogP contribution in [0.5, 0.6) is 0 Å². The molecule has 0 N–H and O–H groups in total. The number of pyridine rings is 1. The Morgan fingerprint density at radius 2 is 1.95 bits per heavy atom. The number of para-hydroxylation sites is 1. The molecule has 0 atom stereocenters. The molecule has 1 aromatic rings. The summed E-state index contributed by atoms with van der Waals surface area (Å²) in [6, 6.07) is 12.4. The van der Waals surface area contributed by atoms with Crippen molar-refractivity contribution in [2.24, 2.45) is 7.05 Å². The summed E-state index contributed by atoms with van der Waals surface area (Å²) in [4.78, 5) is 0. The van der Waals surface area contributed by atoms with E-state index in [9.17, 15) is 0 Å². The second kappa shape index (κ2) is 6.03. The molecule has 1 aromatic carbocycles. The van der Waals surface area contributed by atoms with Crippen molar-refractivity contribution in [3.63, 3.8) is 0 Å². The van der Waals surface area contributed by atoms with Gasteiger partial charge < -0.3 is 11.1 Å². The first kappa shape index (κ1) is 15.1. The second-order valence-electron chi connectivity index (χ2n) is 4.67. The van der Waals surface area contributed by atoms with Crippen LogP contribution in [0.15, 0.2) is 42.6 Å². The molecule has 0 saturated carbocycles. The van der Waals surface area contributed by atoms with Crippen LogP contribution in [0.1, 0.15) is 11.1 Å². The number of hydrogen-bond donors (Lipinski definition) is 0. The van der Waals surface area contributed by atoms with Crippen LogP contribution in [0.25, 0.3) is 23.2 Å². The SMILES string of the molecule is [CH-]=Cc1[c-][n+](-c2ccccc2C)c2n(C)cccc1-2.[Y]. The van der Waals surface area contributed by atoms with E-state index in [1.165, 1.54) is 5.56 Å². The number of aromatic nitrogens is 2. The van der Waals surface area contributed by atoms with Gasteiger partial charge in [-0.1, -0.05) is 18.2 Å². The molecule has 2 aliphatic heterocycles. The summed E-state index contributed by atoms with van der Waals surface area (Å²) in [5.74, 6) is 1.09. The van der Waals surface area contributed by atoms with Crippen molar-refractivity contribution < 1.29 is 37.3 Å². The van der Waals surface area contributed by atoms with E-state index in [-0.39, 0.29) is 32.7 Å². The molecule has 1 radical (unpaired) electrons. The van der Waals surface area contributed by atoms with Crippen molar-refractivity contribution in [2.45, 2.75) is 6.92 Å². The minimum Gasteiger partial charge on any atom is -0.334 e. The van der Waals surface area contributed by atoms with Crippen LogP contribution in [-0.2, 0) is 39.8 Å². The average Bonchev–Trinajstić information content (AvgIpc) is 2.79. The van der Waals surface area contributed by atoms with Gasteiger partial charge in [0.05, 0.1) is 18.9 Å². The van der Waals surface area contributed by atoms with E-state index in [1.54, 1.807) is 6.08 Å². The van der Waals surface area contributed by atoms with E-state index < -0.39 is 0 Å². The predicted molar refractivity (Wildman–Crippen MR) is 75.9 cm³/mol. The topological polar surface area (TPSA) is 8.81 Å². The van der Waals surface area contributed by atoms with Gasteiger partial charge in [-0.3, -0.25) is 10.6 Å². The molecule has 0 unspecified atom stereocenters. The first-order valence-corrected chi connectivity index (χ1v) is 6.25. The summed E-state index contributed by atoms with van der Waals surface area (Å²) in [6.45, 7) is 7.82. The van der Waals surface area contributed by atoms with Crippen LogP contribution >= 0.6 is 0 Å². The fourth-order valence-corrected chi connectivity index (χ4v) is 2.44. The van der Waals surface area contributed by atoms with E-state index >= 15 is 0 Å². The number of aryl methyl sites for hydroxylation is 2. The molecule has 3 rings (SSSR count). The molecule has 0 bridgehead atoms. The number of hydrogen-bond acceptors (Lipinski definition) is 0. The Morgan fingerprint density at radius 3 is 2.65 bits per heavy atom. The maximum absolute atomic E-state index is 5.72. The third-order valence-electron chi connectivity index (χ3n) is 3.40. The fourth-order valence-electron chi connectivity index (χ4n) is 2.44. The van der Waals surface area contributed by atoms with Crippen LogP contribution in [0.3, 0.4) is 0 Å². The first-order chi connectivity index (χ1) is 9.22. The van der Waals surface area contributed by atoms with E-state index in [0.29, 0.717) is 0 Å². The smallest absolute Gasteiger partial charge is 0.177 e. The molecule has 0 spiro atoms. The molecule has 0 amide bonds. The second-order valence-corrected chi connectivity index (χ2v) is 4.67. The number of nitrogens with zero attached hydrogens (tertiary/aromatic N) is 2. The van der Waals surface area contributed by atoms with E-state index in [2.05, 4.69) is 40.5 Å². The van der Waals surface area contributed by atoms with Gasteiger partial charge >= 0.3 is 0 Å². The molecule has 0 aromatic heterocycles. The van der Waals surface area contributed by atoms with Crippen LogP contribution in [-0.4, -0.2) is 4.57 Å². The van der Waals surface area contributed by atoms with E-state index in [0.717, 1.165) is 22.6 Å². The first-order valence-electron chi connectivity index (χ1n) is 6.25. The summed E-state index contributed by atoms with van der Waals surface area (Å²) in [7, 11) is 2.03. The third kappa shape index (κ3) is 2.39. The van der Waals surface area contributed by atoms with Gasteiger partial charge in [-0.05, 0) is 30.8 Å². The van der Waals surface area contributed by atoms with Gasteiger partial charge in [0.25, 0.3) is 0 Å². The van der Waals surface area contributed by atoms with Gasteiger partial charge in [-0.15, -0.1) is 11.6 Å². The fraction of sp³-hybridized carbons (Fsp3) is 0.118. The van der Waals surface area contributed by atoms with Gasteiger partial charge in [-0.25, -0.2) is 5.56 Å². The predicted octanol–water partition coefficient (Wildman–Crippen LogP) is 2.96. The molecule has 3 heteroatoms. The molecule has 2 nitrogen and oxygen atoms in total. The Bertz CT molecular complexity index is 728. The Labute approximate surface area is 145 Å². The number of fused-ring (bicyclic) bond motifs is 1. The molecule has 20 heavy (non-hydrogen) atoms. The Morgan fingerprint density at radius 1 is 1.20 bits per heavy atom. The maximum atomic E-state index is 5.72. The zero-order valence-electron chi connectivity index (χ0n) is 11.7. The third-order valence-corrected chi connectivity index (χ3v) is 3.40. The summed E-state index contributed by atoms with van der Waals surface area (Å²) >= 11 is 0. The number of rotatable bonds is 2. The molecule has 2 aliphatic rings. The molecule has 2 heterocycles. The summed E-state index contributed by atoms with van der Waals surface area (Å²) in [6.07, 6.45) is 6.99. The minimum absolute atomic E-state index is 0. The van der Waals surface area contributed by atoms with Crippen molar-refractivity contribution in [3.05, 3.63) is 66.5 Å². The van der Waals surface area contributed by atoms with Crippen LogP contribution in [0.4, 0.5) is 0 Å². The standard InChI is InChI=1S/C17H15N2.Y/c1-4-14-12-19(16-10-6-5-8-13(16)2)17-15(14)9-7-11-18(17)3;/h1,4-11H,2-3H3;/q-1;. The zero-order chi connectivity index (χ0) is 13.4.